The summed E-state index contributed by atoms with van der Waals surface area (Å²) in [7, 11) is 1.54. The molecule has 0 radical (unpaired) electrons. The number of benzene rings is 2. The molecule has 8 heteroatoms. The molecule has 0 atom stereocenters. The molecule has 2 aromatic rings. The summed E-state index contributed by atoms with van der Waals surface area (Å²) in [6.45, 7) is 1.14. The summed E-state index contributed by atoms with van der Waals surface area (Å²) in [4.78, 5) is 25.0. The molecule has 0 unspecified atom stereocenters. The van der Waals surface area contributed by atoms with E-state index >= 15 is 0 Å². The van der Waals surface area contributed by atoms with E-state index in [4.69, 9.17) is 4.74 Å². The first-order valence-corrected chi connectivity index (χ1v) is 8.56. The number of para-hydroxylation sites is 1. The van der Waals surface area contributed by atoms with Crippen molar-refractivity contribution in [3.63, 3.8) is 0 Å². The van der Waals surface area contributed by atoms with Gasteiger partial charge in [-0.05, 0) is 29.8 Å². The number of anilines is 1. The van der Waals surface area contributed by atoms with Crippen molar-refractivity contribution in [2.24, 2.45) is 0 Å². The summed E-state index contributed by atoms with van der Waals surface area (Å²) in [5.41, 5.74) is -0.356. The van der Waals surface area contributed by atoms with Gasteiger partial charge in [-0.3, -0.25) is 9.59 Å². The molecule has 0 bridgehead atoms. The average Bonchev–Trinajstić information content (AvgIpc) is 2.65. The fourth-order valence-electron chi connectivity index (χ4n) is 2.69. The Morgan fingerprint density at radius 3 is 2.29 bits per heavy atom. The SMILES string of the molecule is COc1ccc(CC(=O)NCCN(C(C)=O)c2ccccc2C(F)(F)F)cc1. The molecule has 0 spiro atoms. The number of amides is 2. The zero-order valence-electron chi connectivity index (χ0n) is 15.5. The van der Waals surface area contributed by atoms with Gasteiger partial charge in [0.25, 0.3) is 0 Å². The van der Waals surface area contributed by atoms with Crippen LogP contribution in [0.5, 0.6) is 5.75 Å². The number of alkyl halides is 3. The first-order valence-electron chi connectivity index (χ1n) is 8.56. The van der Waals surface area contributed by atoms with Crippen molar-refractivity contribution in [1.82, 2.24) is 5.32 Å². The van der Waals surface area contributed by atoms with Crippen molar-refractivity contribution in [2.75, 3.05) is 25.1 Å². The minimum atomic E-state index is -4.58. The molecule has 0 saturated carbocycles. The number of halogens is 3. The second-order valence-electron chi connectivity index (χ2n) is 6.06. The second-order valence-corrected chi connectivity index (χ2v) is 6.06. The molecule has 2 aromatic carbocycles. The van der Waals surface area contributed by atoms with Crippen LogP contribution in [0.4, 0.5) is 18.9 Å². The third-order valence-electron chi connectivity index (χ3n) is 4.06. The first kappa shape index (κ1) is 21.3. The standard InChI is InChI=1S/C20H21F3N2O3/c1-14(26)25(18-6-4-3-5-17(18)20(21,22)23)12-11-24-19(27)13-15-7-9-16(28-2)10-8-15/h3-10H,11-13H2,1-2H3,(H,24,27). The number of rotatable bonds is 7. The molecule has 0 aliphatic carbocycles. The normalized spacial score (nSPS) is 11.0. The molecule has 0 aliphatic rings. The van der Waals surface area contributed by atoms with Crippen LogP contribution in [-0.4, -0.2) is 32.0 Å². The van der Waals surface area contributed by atoms with Crippen molar-refractivity contribution < 1.29 is 27.5 Å². The van der Waals surface area contributed by atoms with Crippen LogP contribution in [0.15, 0.2) is 48.5 Å². The highest BCUT2D eigenvalue weighted by atomic mass is 19.4. The summed E-state index contributed by atoms with van der Waals surface area (Å²) >= 11 is 0. The van der Waals surface area contributed by atoms with E-state index in [1.807, 2.05) is 0 Å². The maximum absolute atomic E-state index is 13.2. The lowest BCUT2D eigenvalue weighted by Crippen LogP contribution is -2.38. The molecule has 0 heterocycles. The minimum Gasteiger partial charge on any atom is -0.497 e. The number of nitrogens with zero attached hydrogens (tertiary/aromatic N) is 1. The number of methoxy groups -OCH3 is 1. The van der Waals surface area contributed by atoms with Crippen molar-refractivity contribution >= 4 is 17.5 Å². The minimum absolute atomic E-state index is 0.0285. The second kappa shape index (κ2) is 9.25. The lowest BCUT2D eigenvalue weighted by Gasteiger charge is -2.25. The Balaban J connectivity index is 1.99. The fraction of sp³-hybridized carbons (Fsp3) is 0.300. The number of carbonyl (C=O) groups excluding carboxylic acids is 2. The van der Waals surface area contributed by atoms with Crippen LogP contribution in [0.25, 0.3) is 0 Å². The summed E-state index contributed by atoms with van der Waals surface area (Å²) in [6, 6.07) is 11.8. The van der Waals surface area contributed by atoms with Gasteiger partial charge in [-0.25, -0.2) is 0 Å². The molecule has 5 nitrogen and oxygen atoms in total. The molecule has 0 aliphatic heterocycles. The van der Waals surface area contributed by atoms with Crippen LogP contribution in [0.1, 0.15) is 18.1 Å². The van der Waals surface area contributed by atoms with E-state index < -0.39 is 17.6 Å². The molecule has 2 rings (SSSR count). The van der Waals surface area contributed by atoms with Crippen molar-refractivity contribution in [2.45, 2.75) is 19.5 Å². The monoisotopic (exact) mass is 394 g/mol. The third kappa shape index (κ3) is 5.73. The Labute approximate surface area is 161 Å². The van der Waals surface area contributed by atoms with Gasteiger partial charge < -0.3 is 15.0 Å². The largest absolute Gasteiger partial charge is 0.497 e. The topological polar surface area (TPSA) is 58.6 Å². The predicted molar refractivity (Wildman–Crippen MR) is 99.2 cm³/mol. The van der Waals surface area contributed by atoms with Gasteiger partial charge in [0.1, 0.15) is 5.75 Å². The van der Waals surface area contributed by atoms with Gasteiger partial charge in [-0.1, -0.05) is 24.3 Å². The highest BCUT2D eigenvalue weighted by Gasteiger charge is 2.35. The quantitative estimate of drug-likeness (QED) is 0.783. The van der Waals surface area contributed by atoms with Crippen molar-refractivity contribution in [3.05, 3.63) is 59.7 Å². The van der Waals surface area contributed by atoms with Crippen LogP contribution in [0.3, 0.4) is 0 Å². The molecule has 150 valence electrons. The first-order chi connectivity index (χ1) is 13.2. The van der Waals surface area contributed by atoms with Crippen LogP contribution < -0.4 is 15.0 Å². The van der Waals surface area contributed by atoms with E-state index in [2.05, 4.69) is 5.32 Å². The summed E-state index contributed by atoms with van der Waals surface area (Å²) in [5, 5.41) is 2.63. The van der Waals surface area contributed by atoms with Crippen LogP contribution >= 0.6 is 0 Å². The van der Waals surface area contributed by atoms with Crippen molar-refractivity contribution in [3.8, 4) is 5.75 Å². The van der Waals surface area contributed by atoms with Crippen LogP contribution in [-0.2, 0) is 22.2 Å². The number of hydrogen-bond acceptors (Lipinski definition) is 3. The number of ether oxygens (including phenoxy) is 1. The van der Waals surface area contributed by atoms with Gasteiger partial charge in [0.2, 0.25) is 11.8 Å². The molecule has 0 saturated heterocycles. The Hall–Kier alpha value is -3.03. The maximum Gasteiger partial charge on any atom is 0.418 e. The Bertz CT molecular complexity index is 820. The lowest BCUT2D eigenvalue weighted by atomic mass is 10.1. The number of hydrogen-bond donors (Lipinski definition) is 1. The molecule has 1 N–H and O–H groups in total. The summed E-state index contributed by atoms with van der Waals surface area (Å²) in [6.07, 6.45) is -4.47. The highest BCUT2D eigenvalue weighted by Crippen LogP contribution is 2.36. The summed E-state index contributed by atoms with van der Waals surface area (Å²) < 4.78 is 44.7. The molecule has 2 amide bonds. The average molecular weight is 394 g/mol. The number of carbonyl (C=O) groups is 2. The van der Waals surface area contributed by atoms with Gasteiger partial charge in [0, 0.05) is 20.0 Å². The molecule has 0 fully saturated rings. The van der Waals surface area contributed by atoms with Gasteiger partial charge in [0.05, 0.1) is 24.8 Å². The van der Waals surface area contributed by atoms with Gasteiger partial charge in [0.15, 0.2) is 0 Å². The Morgan fingerprint density at radius 2 is 1.71 bits per heavy atom. The lowest BCUT2D eigenvalue weighted by molar-refractivity contribution is -0.137. The predicted octanol–water partition coefficient (Wildman–Crippen LogP) is 3.43. The Morgan fingerprint density at radius 1 is 1.07 bits per heavy atom. The summed E-state index contributed by atoms with van der Waals surface area (Å²) in [5.74, 6) is -0.163. The van der Waals surface area contributed by atoms with E-state index in [-0.39, 0.29) is 31.1 Å². The third-order valence-corrected chi connectivity index (χ3v) is 4.06. The molecule has 28 heavy (non-hydrogen) atoms. The highest BCUT2D eigenvalue weighted by molar-refractivity contribution is 5.92. The zero-order valence-corrected chi connectivity index (χ0v) is 15.5. The van der Waals surface area contributed by atoms with Crippen molar-refractivity contribution in [1.29, 1.82) is 0 Å². The molecular weight excluding hydrogens is 373 g/mol. The van der Waals surface area contributed by atoms with E-state index in [9.17, 15) is 22.8 Å². The van der Waals surface area contributed by atoms with E-state index in [0.29, 0.717) is 5.75 Å². The smallest absolute Gasteiger partial charge is 0.418 e. The molecular formula is C20H21F3N2O3. The number of nitrogens with one attached hydrogen (secondary N) is 1. The Kier molecular flexibility index (Phi) is 7.03. The van der Waals surface area contributed by atoms with E-state index in [1.165, 1.54) is 25.1 Å². The van der Waals surface area contributed by atoms with E-state index in [0.717, 1.165) is 16.5 Å². The van der Waals surface area contributed by atoms with Gasteiger partial charge in [-0.2, -0.15) is 13.2 Å². The van der Waals surface area contributed by atoms with E-state index in [1.54, 1.807) is 31.4 Å². The van der Waals surface area contributed by atoms with Gasteiger partial charge >= 0.3 is 6.18 Å². The molecule has 0 aromatic heterocycles. The maximum atomic E-state index is 13.2. The zero-order chi connectivity index (χ0) is 20.7. The fourth-order valence-corrected chi connectivity index (χ4v) is 2.69. The van der Waals surface area contributed by atoms with Crippen LogP contribution in [0, 0.1) is 0 Å². The van der Waals surface area contributed by atoms with Crippen LogP contribution in [0.2, 0.25) is 0 Å². The van der Waals surface area contributed by atoms with Gasteiger partial charge in [-0.15, -0.1) is 0 Å².